The molecular formula is C11H14ClNO4. The van der Waals surface area contributed by atoms with Gasteiger partial charge in [0, 0.05) is 6.54 Å². The first kappa shape index (κ1) is 13.6. The maximum Gasteiger partial charge on any atom is 0.341 e. The molecule has 0 bridgehead atoms. The van der Waals surface area contributed by atoms with Gasteiger partial charge in [-0.2, -0.15) is 0 Å². The summed E-state index contributed by atoms with van der Waals surface area (Å²) in [6.45, 7) is 0.178. The number of halogens is 1. The smallest absolute Gasteiger partial charge is 0.341 e. The van der Waals surface area contributed by atoms with Crippen LogP contribution in [0.25, 0.3) is 0 Å². The Bertz CT molecular complexity index is 397. The molecule has 0 saturated heterocycles. The minimum atomic E-state index is -1.09. The summed E-state index contributed by atoms with van der Waals surface area (Å²) in [7, 11) is 1.40. The molecule has 1 atom stereocenters. The molecule has 3 N–H and O–H groups in total. The van der Waals surface area contributed by atoms with E-state index >= 15 is 0 Å². The van der Waals surface area contributed by atoms with Crippen LogP contribution in [-0.4, -0.2) is 41.8 Å². The van der Waals surface area contributed by atoms with E-state index < -0.39 is 12.1 Å². The summed E-state index contributed by atoms with van der Waals surface area (Å²) in [6, 6.07) is 4.83. The Balaban J connectivity index is 2.94. The number of benzene rings is 1. The summed E-state index contributed by atoms with van der Waals surface area (Å²) in [6.07, 6.45) is -0.732. The SMILES string of the molecule is COc1cccc(NCC(O)CCl)c1C(=O)O. The second kappa shape index (κ2) is 6.32. The third kappa shape index (κ3) is 3.51. The molecule has 0 aliphatic carbocycles. The van der Waals surface area contributed by atoms with E-state index in [-0.39, 0.29) is 23.7 Å². The van der Waals surface area contributed by atoms with Crippen LogP contribution in [0, 0.1) is 0 Å². The number of hydrogen-bond acceptors (Lipinski definition) is 4. The minimum absolute atomic E-state index is 0.0387. The molecule has 1 aromatic carbocycles. The van der Waals surface area contributed by atoms with Gasteiger partial charge in [-0.15, -0.1) is 11.6 Å². The average Bonchev–Trinajstić information content (AvgIpc) is 2.34. The third-order valence-corrected chi connectivity index (χ3v) is 2.52. The van der Waals surface area contributed by atoms with Gasteiger partial charge >= 0.3 is 5.97 Å². The average molecular weight is 260 g/mol. The molecule has 0 aliphatic heterocycles. The Morgan fingerprint density at radius 1 is 1.59 bits per heavy atom. The van der Waals surface area contributed by atoms with E-state index in [1.54, 1.807) is 18.2 Å². The van der Waals surface area contributed by atoms with Crippen LogP contribution in [0.1, 0.15) is 10.4 Å². The maximum absolute atomic E-state index is 11.1. The Morgan fingerprint density at radius 2 is 2.29 bits per heavy atom. The number of methoxy groups -OCH3 is 1. The Kier molecular flexibility index (Phi) is 5.06. The van der Waals surface area contributed by atoms with E-state index in [1.807, 2.05) is 0 Å². The zero-order chi connectivity index (χ0) is 12.8. The summed E-state index contributed by atoms with van der Waals surface area (Å²) in [5.74, 6) is -0.743. The zero-order valence-electron chi connectivity index (χ0n) is 9.31. The standard InChI is InChI=1S/C11H14ClNO4/c1-17-9-4-2-3-8(10(9)11(15)16)13-6-7(14)5-12/h2-4,7,13-14H,5-6H2,1H3,(H,15,16). The molecule has 1 aromatic rings. The zero-order valence-corrected chi connectivity index (χ0v) is 10.1. The van der Waals surface area contributed by atoms with Gasteiger partial charge in [0.15, 0.2) is 0 Å². The number of alkyl halides is 1. The number of aliphatic hydroxyl groups excluding tert-OH is 1. The fourth-order valence-corrected chi connectivity index (χ4v) is 1.46. The van der Waals surface area contributed by atoms with Crippen LogP contribution in [0.5, 0.6) is 5.75 Å². The largest absolute Gasteiger partial charge is 0.496 e. The number of rotatable bonds is 6. The van der Waals surface area contributed by atoms with Crippen molar-refractivity contribution in [1.29, 1.82) is 0 Å². The van der Waals surface area contributed by atoms with Crippen LogP contribution in [0.3, 0.4) is 0 Å². The Hall–Kier alpha value is -1.46. The van der Waals surface area contributed by atoms with Crippen LogP contribution in [0.15, 0.2) is 18.2 Å². The van der Waals surface area contributed by atoms with Gasteiger partial charge in [0.1, 0.15) is 11.3 Å². The van der Waals surface area contributed by atoms with Gasteiger partial charge in [-0.05, 0) is 12.1 Å². The van der Waals surface area contributed by atoms with Gasteiger partial charge in [0.05, 0.1) is 24.8 Å². The predicted molar refractivity (Wildman–Crippen MR) is 65.2 cm³/mol. The van der Waals surface area contributed by atoms with Crippen molar-refractivity contribution < 1.29 is 19.7 Å². The van der Waals surface area contributed by atoms with Crippen LogP contribution in [0.4, 0.5) is 5.69 Å². The molecule has 0 fully saturated rings. The highest BCUT2D eigenvalue weighted by molar-refractivity contribution is 6.18. The quantitative estimate of drug-likeness (QED) is 0.673. The van der Waals surface area contributed by atoms with Crippen LogP contribution < -0.4 is 10.1 Å². The van der Waals surface area contributed by atoms with E-state index in [0.29, 0.717) is 5.69 Å². The Morgan fingerprint density at radius 3 is 2.82 bits per heavy atom. The highest BCUT2D eigenvalue weighted by Gasteiger charge is 2.16. The number of ether oxygens (including phenoxy) is 1. The highest BCUT2D eigenvalue weighted by Crippen LogP contribution is 2.26. The number of anilines is 1. The summed E-state index contributed by atoms with van der Waals surface area (Å²) in [4.78, 5) is 11.1. The van der Waals surface area contributed by atoms with Gasteiger partial charge in [-0.25, -0.2) is 4.79 Å². The number of carbonyl (C=O) groups is 1. The lowest BCUT2D eigenvalue weighted by molar-refractivity contribution is 0.0694. The molecule has 1 unspecified atom stereocenters. The molecular weight excluding hydrogens is 246 g/mol. The molecule has 6 heteroatoms. The van der Waals surface area contributed by atoms with E-state index in [1.165, 1.54) is 7.11 Å². The van der Waals surface area contributed by atoms with Gasteiger partial charge in [-0.1, -0.05) is 6.07 Å². The number of carboxylic acids is 1. The third-order valence-electron chi connectivity index (χ3n) is 2.17. The van der Waals surface area contributed by atoms with Crippen LogP contribution in [-0.2, 0) is 0 Å². The second-order valence-electron chi connectivity index (χ2n) is 3.38. The van der Waals surface area contributed by atoms with Crippen LogP contribution in [0.2, 0.25) is 0 Å². The van der Waals surface area contributed by atoms with Crippen molar-refractivity contribution in [2.75, 3.05) is 24.9 Å². The molecule has 0 radical (unpaired) electrons. The molecule has 0 heterocycles. The van der Waals surface area contributed by atoms with Gasteiger partial charge in [0.2, 0.25) is 0 Å². The first-order valence-corrected chi connectivity index (χ1v) is 5.51. The molecule has 0 aromatic heterocycles. The van der Waals surface area contributed by atoms with E-state index in [0.717, 1.165) is 0 Å². The lowest BCUT2D eigenvalue weighted by Crippen LogP contribution is -2.22. The predicted octanol–water partition coefficient (Wildman–Crippen LogP) is 1.40. The molecule has 17 heavy (non-hydrogen) atoms. The molecule has 0 saturated carbocycles. The van der Waals surface area contributed by atoms with Crippen molar-refractivity contribution in [3.8, 4) is 5.75 Å². The lowest BCUT2D eigenvalue weighted by atomic mass is 10.1. The molecule has 0 spiro atoms. The van der Waals surface area contributed by atoms with E-state index in [4.69, 9.17) is 21.4 Å². The van der Waals surface area contributed by atoms with Gasteiger partial charge in [-0.3, -0.25) is 0 Å². The second-order valence-corrected chi connectivity index (χ2v) is 3.69. The first-order valence-electron chi connectivity index (χ1n) is 4.98. The van der Waals surface area contributed by atoms with Crippen molar-refractivity contribution in [2.24, 2.45) is 0 Å². The van der Waals surface area contributed by atoms with Crippen molar-refractivity contribution in [3.05, 3.63) is 23.8 Å². The van der Waals surface area contributed by atoms with Crippen molar-refractivity contribution in [3.63, 3.8) is 0 Å². The van der Waals surface area contributed by atoms with Crippen molar-refractivity contribution >= 4 is 23.3 Å². The Labute approximate surface area is 104 Å². The number of aliphatic hydroxyl groups is 1. The molecule has 0 amide bonds. The fraction of sp³-hybridized carbons (Fsp3) is 0.364. The lowest BCUT2D eigenvalue weighted by Gasteiger charge is -2.14. The number of aromatic carboxylic acids is 1. The van der Waals surface area contributed by atoms with Crippen LogP contribution >= 0.6 is 11.6 Å². The van der Waals surface area contributed by atoms with E-state index in [9.17, 15) is 9.90 Å². The molecule has 1 rings (SSSR count). The summed E-state index contributed by atoms with van der Waals surface area (Å²) in [5.41, 5.74) is 0.429. The monoisotopic (exact) mass is 259 g/mol. The summed E-state index contributed by atoms with van der Waals surface area (Å²) >= 11 is 5.45. The highest BCUT2D eigenvalue weighted by atomic mass is 35.5. The minimum Gasteiger partial charge on any atom is -0.496 e. The summed E-state index contributed by atoms with van der Waals surface area (Å²) < 4.78 is 4.97. The van der Waals surface area contributed by atoms with Crippen molar-refractivity contribution in [2.45, 2.75) is 6.10 Å². The van der Waals surface area contributed by atoms with Gasteiger partial charge in [0.25, 0.3) is 0 Å². The van der Waals surface area contributed by atoms with E-state index in [2.05, 4.69) is 5.32 Å². The molecule has 5 nitrogen and oxygen atoms in total. The number of carboxylic acid groups (broad SMARTS) is 1. The van der Waals surface area contributed by atoms with Gasteiger partial charge < -0.3 is 20.3 Å². The number of hydrogen-bond donors (Lipinski definition) is 3. The van der Waals surface area contributed by atoms with Crippen molar-refractivity contribution in [1.82, 2.24) is 0 Å². The first-order chi connectivity index (χ1) is 8.10. The summed E-state index contributed by atoms with van der Waals surface area (Å²) in [5, 5.41) is 21.2. The normalized spacial score (nSPS) is 11.9. The number of nitrogens with one attached hydrogen (secondary N) is 1. The molecule has 0 aliphatic rings. The molecule has 94 valence electrons. The maximum atomic E-state index is 11.1. The fourth-order valence-electron chi connectivity index (χ4n) is 1.35. The topological polar surface area (TPSA) is 78.8 Å².